The third-order valence-electron chi connectivity index (χ3n) is 2.72. The maximum atomic E-state index is 8.89. The highest BCUT2D eigenvalue weighted by Crippen LogP contribution is 2.23. The van der Waals surface area contributed by atoms with E-state index >= 15 is 0 Å². The topological polar surface area (TPSA) is 36.3 Å². The number of hydrogen-bond donors (Lipinski definition) is 0. The Hall–Kier alpha value is -1.53. The summed E-state index contributed by atoms with van der Waals surface area (Å²) in [6, 6.07) is 10.2. The second-order valence-electron chi connectivity index (χ2n) is 3.73. The maximum Gasteiger partial charge on any atom is 0.123 e. The number of ether oxygens (including phenoxy) is 1. The zero-order valence-corrected chi connectivity index (χ0v) is 8.81. The van der Waals surface area contributed by atoms with E-state index in [1.165, 1.54) is 0 Å². The Morgan fingerprint density at radius 2 is 2.27 bits per heavy atom. The van der Waals surface area contributed by atoms with Crippen molar-refractivity contribution < 1.29 is 4.74 Å². The van der Waals surface area contributed by atoms with Crippen LogP contribution in [0.4, 0.5) is 0 Å². The number of benzene rings is 1. The fraction of sp³-hybridized carbons (Fsp3) is 0.417. The molecule has 1 aliphatic rings. The smallest absolute Gasteiger partial charge is 0.123 e. The Bertz CT molecular complexity index is 383. The van der Waals surface area contributed by atoms with Crippen molar-refractivity contribution in [2.24, 2.45) is 0 Å². The first-order chi connectivity index (χ1) is 7.31. The molecule has 1 heterocycles. The van der Waals surface area contributed by atoms with Crippen molar-refractivity contribution in [2.75, 3.05) is 13.2 Å². The summed E-state index contributed by atoms with van der Waals surface area (Å²) in [5, 5.41) is 8.89. The lowest BCUT2D eigenvalue weighted by Gasteiger charge is -2.21. The molecule has 0 radical (unpaired) electrons. The summed E-state index contributed by atoms with van der Waals surface area (Å²) >= 11 is 0. The van der Waals surface area contributed by atoms with Gasteiger partial charge in [0.15, 0.2) is 0 Å². The Balaban J connectivity index is 2.22. The van der Waals surface area contributed by atoms with Gasteiger partial charge in [-0.3, -0.25) is 4.90 Å². The van der Waals surface area contributed by atoms with Crippen molar-refractivity contribution >= 4 is 0 Å². The molecule has 0 aromatic heterocycles. The second kappa shape index (κ2) is 4.33. The Morgan fingerprint density at radius 1 is 1.47 bits per heavy atom. The van der Waals surface area contributed by atoms with Gasteiger partial charge < -0.3 is 4.74 Å². The predicted octanol–water partition coefficient (Wildman–Crippen LogP) is 1.79. The molecule has 0 fully saturated rings. The third kappa shape index (κ3) is 2.11. The molecule has 0 saturated carbocycles. The van der Waals surface area contributed by atoms with Gasteiger partial charge in [0.2, 0.25) is 0 Å². The number of hydrogen-bond acceptors (Lipinski definition) is 3. The normalized spacial score (nSPS) is 18.1. The van der Waals surface area contributed by atoms with Gasteiger partial charge in [-0.25, -0.2) is 0 Å². The van der Waals surface area contributed by atoms with Crippen molar-refractivity contribution in [3.05, 3.63) is 29.8 Å². The number of nitriles is 1. The summed E-state index contributed by atoms with van der Waals surface area (Å²) < 4.78 is 5.62. The lowest BCUT2D eigenvalue weighted by atomic mass is 10.2. The largest absolute Gasteiger partial charge is 0.492 e. The first kappa shape index (κ1) is 10.0. The standard InChI is InChI=1S/C12H14N2O/c1-10(8-13)14-6-7-15-12-5-3-2-4-11(12)9-14/h2-5,10H,6-7,9H2,1H3. The first-order valence-electron chi connectivity index (χ1n) is 5.15. The van der Waals surface area contributed by atoms with Crippen molar-refractivity contribution in [3.63, 3.8) is 0 Å². The van der Waals surface area contributed by atoms with Crippen LogP contribution in [0.5, 0.6) is 5.75 Å². The van der Waals surface area contributed by atoms with Gasteiger partial charge in [0.25, 0.3) is 0 Å². The molecule has 1 unspecified atom stereocenters. The van der Waals surface area contributed by atoms with Crippen LogP contribution in [0.25, 0.3) is 0 Å². The van der Waals surface area contributed by atoms with Crippen LogP contribution < -0.4 is 4.74 Å². The maximum absolute atomic E-state index is 8.89. The van der Waals surface area contributed by atoms with E-state index in [1.54, 1.807) is 0 Å². The molecule has 0 N–H and O–H groups in total. The summed E-state index contributed by atoms with van der Waals surface area (Å²) in [7, 11) is 0. The molecule has 2 rings (SSSR count). The van der Waals surface area contributed by atoms with E-state index in [0.717, 1.165) is 24.4 Å². The minimum atomic E-state index is -0.0558. The fourth-order valence-electron chi connectivity index (χ4n) is 1.76. The summed E-state index contributed by atoms with van der Waals surface area (Å²) in [6.45, 7) is 4.19. The van der Waals surface area contributed by atoms with Gasteiger partial charge in [0.1, 0.15) is 12.4 Å². The van der Waals surface area contributed by atoms with Crippen LogP contribution in [0.3, 0.4) is 0 Å². The number of nitrogens with zero attached hydrogens (tertiary/aromatic N) is 2. The molecule has 0 aliphatic carbocycles. The zero-order chi connectivity index (χ0) is 10.7. The number of para-hydroxylation sites is 1. The molecule has 78 valence electrons. The molecule has 1 atom stereocenters. The minimum absolute atomic E-state index is 0.0558. The fourth-order valence-corrected chi connectivity index (χ4v) is 1.76. The monoisotopic (exact) mass is 202 g/mol. The van der Waals surface area contributed by atoms with Crippen LogP contribution in [0.1, 0.15) is 12.5 Å². The van der Waals surface area contributed by atoms with Gasteiger partial charge in [-0.2, -0.15) is 5.26 Å². The minimum Gasteiger partial charge on any atom is -0.492 e. The molecule has 1 aromatic rings. The molecule has 0 bridgehead atoms. The lowest BCUT2D eigenvalue weighted by Crippen LogP contribution is -2.33. The van der Waals surface area contributed by atoms with Crippen molar-refractivity contribution in [2.45, 2.75) is 19.5 Å². The van der Waals surface area contributed by atoms with E-state index in [1.807, 2.05) is 25.1 Å². The summed E-state index contributed by atoms with van der Waals surface area (Å²) in [5.74, 6) is 0.949. The Labute approximate surface area is 89.9 Å². The summed E-state index contributed by atoms with van der Waals surface area (Å²) in [4.78, 5) is 2.13. The van der Waals surface area contributed by atoms with Gasteiger partial charge in [-0.1, -0.05) is 18.2 Å². The molecular weight excluding hydrogens is 188 g/mol. The van der Waals surface area contributed by atoms with Crippen molar-refractivity contribution in [1.29, 1.82) is 5.26 Å². The van der Waals surface area contributed by atoms with Crippen LogP contribution in [-0.4, -0.2) is 24.1 Å². The van der Waals surface area contributed by atoms with E-state index in [-0.39, 0.29) is 6.04 Å². The molecule has 0 saturated heterocycles. The van der Waals surface area contributed by atoms with Crippen LogP contribution in [-0.2, 0) is 6.54 Å². The summed E-state index contributed by atoms with van der Waals surface area (Å²) in [6.07, 6.45) is 0. The second-order valence-corrected chi connectivity index (χ2v) is 3.73. The van der Waals surface area contributed by atoms with Crippen LogP contribution >= 0.6 is 0 Å². The van der Waals surface area contributed by atoms with Gasteiger partial charge in [-0.15, -0.1) is 0 Å². The predicted molar refractivity (Wildman–Crippen MR) is 57.4 cm³/mol. The van der Waals surface area contributed by atoms with E-state index in [2.05, 4.69) is 17.0 Å². The van der Waals surface area contributed by atoms with E-state index < -0.39 is 0 Å². The summed E-state index contributed by atoms with van der Waals surface area (Å²) in [5.41, 5.74) is 1.16. The number of rotatable bonds is 1. The van der Waals surface area contributed by atoms with E-state index in [0.29, 0.717) is 6.61 Å². The molecule has 1 aromatic carbocycles. The highest BCUT2D eigenvalue weighted by Gasteiger charge is 2.18. The Morgan fingerprint density at radius 3 is 3.07 bits per heavy atom. The lowest BCUT2D eigenvalue weighted by molar-refractivity contribution is 0.206. The first-order valence-corrected chi connectivity index (χ1v) is 5.15. The third-order valence-corrected chi connectivity index (χ3v) is 2.72. The van der Waals surface area contributed by atoms with Gasteiger partial charge in [0, 0.05) is 18.7 Å². The quantitative estimate of drug-likeness (QED) is 0.696. The average molecular weight is 202 g/mol. The van der Waals surface area contributed by atoms with Gasteiger partial charge >= 0.3 is 0 Å². The molecule has 0 spiro atoms. The molecule has 1 aliphatic heterocycles. The Kier molecular flexibility index (Phi) is 2.89. The molecule has 15 heavy (non-hydrogen) atoms. The van der Waals surface area contributed by atoms with Gasteiger partial charge in [0.05, 0.1) is 12.1 Å². The van der Waals surface area contributed by atoms with Crippen molar-refractivity contribution in [3.8, 4) is 11.8 Å². The molecule has 3 heteroatoms. The average Bonchev–Trinajstić information content (AvgIpc) is 2.49. The highest BCUT2D eigenvalue weighted by atomic mass is 16.5. The van der Waals surface area contributed by atoms with Crippen LogP contribution in [0.2, 0.25) is 0 Å². The van der Waals surface area contributed by atoms with Crippen LogP contribution in [0, 0.1) is 11.3 Å². The molecule has 0 amide bonds. The highest BCUT2D eigenvalue weighted by molar-refractivity contribution is 5.33. The van der Waals surface area contributed by atoms with E-state index in [4.69, 9.17) is 10.00 Å². The van der Waals surface area contributed by atoms with E-state index in [9.17, 15) is 0 Å². The SMILES string of the molecule is CC(C#N)N1CCOc2ccccc2C1. The zero-order valence-electron chi connectivity index (χ0n) is 8.81. The van der Waals surface area contributed by atoms with Crippen molar-refractivity contribution in [1.82, 2.24) is 4.90 Å². The van der Waals surface area contributed by atoms with Gasteiger partial charge in [-0.05, 0) is 13.0 Å². The van der Waals surface area contributed by atoms with Crippen LogP contribution in [0.15, 0.2) is 24.3 Å². The molecular formula is C12H14N2O. The number of fused-ring (bicyclic) bond motifs is 1. The molecule has 3 nitrogen and oxygen atoms in total.